The Bertz CT molecular complexity index is 882. The Morgan fingerprint density at radius 2 is 1.73 bits per heavy atom. The number of halogens is 2. The van der Waals surface area contributed by atoms with E-state index < -0.39 is 10.0 Å². The smallest absolute Gasteiger partial charge is 0.246 e. The van der Waals surface area contributed by atoms with Crippen LogP contribution in [0.5, 0.6) is 5.75 Å². The molecule has 1 saturated heterocycles. The van der Waals surface area contributed by atoms with Gasteiger partial charge in [0.2, 0.25) is 10.0 Å². The van der Waals surface area contributed by atoms with Crippen molar-refractivity contribution < 1.29 is 13.2 Å². The summed E-state index contributed by atoms with van der Waals surface area (Å²) in [5.41, 5.74) is 0.920. The minimum atomic E-state index is -3.69. The van der Waals surface area contributed by atoms with Crippen LogP contribution in [0.25, 0.3) is 0 Å². The van der Waals surface area contributed by atoms with E-state index in [1.54, 1.807) is 12.1 Å². The Balaban J connectivity index is 1.81. The molecule has 0 atom stereocenters. The average molecular weight is 415 g/mol. The number of para-hydroxylation sites is 1. The van der Waals surface area contributed by atoms with Gasteiger partial charge in [-0.3, -0.25) is 0 Å². The topological polar surface area (TPSA) is 49.9 Å². The molecule has 1 aliphatic rings. The van der Waals surface area contributed by atoms with Crippen molar-refractivity contribution >= 4 is 38.9 Å². The third kappa shape index (κ3) is 3.93. The van der Waals surface area contributed by atoms with Crippen LogP contribution in [0.3, 0.4) is 0 Å². The van der Waals surface area contributed by atoms with E-state index in [1.807, 2.05) is 31.2 Å². The summed E-state index contributed by atoms with van der Waals surface area (Å²) >= 11 is 12.3. The Labute approximate surface area is 164 Å². The minimum Gasteiger partial charge on any atom is -0.492 e. The van der Waals surface area contributed by atoms with Crippen LogP contribution < -0.4 is 9.64 Å². The first-order chi connectivity index (χ1) is 12.4. The van der Waals surface area contributed by atoms with Crippen molar-refractivity contribution in [1.29, 1.82) is 0 Å². The van der Waals surface area contributed by atoms with Gasteiger partial charge in [0.25, 0.3) is 0 Å². The molecule has 5 nitrogen and oxygen atoms in total. The lowest BCUT2D eigenvalue weighted by Crippen LogP contribution is -2.48. The van der Waals surface area contributed by atoms with Gasteiger partial charge in [-0.2, -0.15) is 4.31 Å². The van der Waals surface area contributed by atoms with Gasteiger partial charge in [0.1, 0.15) is 10.6 Å². The van der Waals surface area contributed by atoms with Crippen LogP contribution in [-0.2, 0) is 10.0 Å². The number of hydrogen-bond acceptors (Lipinski definition) is 4. The van der Waals surface area contributed by atoms with E-state index in [2.05, 4.69) is 4.90 Å². The quantitative estimate of drug-likeness (QED) is 0.743. The number of sulfonamides is 1. The van der Waals surface area contributed by atoms with Gasteiger partial charge >= 0.3 is 0 Å². The lowest BCUT2D eigenvalue weighted by molar-refractivity contribution is 0.327. The number of piperazine rings is 1. The summed E-state index contributed by atoms with van der Waals surface area (Å²) in [5.74, 6) is 0.324. The molecule has 0 spiro atoms. The lowest BCUT2D eigenvalue weighted by Gasteiger charge is -2.36. The highest BCUT2D eigenvalue weighted by molar-refractivity contribution is 7.89. The molecule has 2 aromatic carbocycles. The highest BCUT2D eigenvalue weighted by Crippen LogP contribution is 2.32. The fourth-order valence-corrected chi connectivity index (χ4v) is 5.05. The Morgan fingerprint density at radius 1 is 1.04 bits per heavy atom. The Kier molecular flexibility index (Phi) is 5.97. The van der Waals surface area contributed by atoms with Crippen LogP contribution in [-0.4, -0.2) is 45.5 Å². The molecule has 8 heteroatoms. The molecule has 0 unspecified atom stereocenters. The highest BCUT2D eigenvalue weighted by Gasteiger charge is 2.31. The highest BCUT2D eigenvalue weighted by atomic mass is 35.5. The van der Waals surface area contributed by atoms with Crippen molar-refractivity contribution in [2.45, 2.75) is 11.8 Å². The normalized spacial score (nSPS) is 15.9. The van der Waals surface area contributed by atoms with Crippen molar-refractivity contribution in [3.8, 4) is 5.75 Å². The minimum absolute atomic E-state index is 0.109. The van der Waals surface area contributed by atoms with Gasteiger partial charge in [-0.25, -0.2) is 8.42 Å². The molecular weight excluding hydrogens is 395 g/mol. The summed E-state index contributed by atoms with van der Waals surface area (Å²) in [7, 11) is -3.69. The van der Waals surface area contributed by atoms with Crippen molar-refractivity contribution in [2.24, 2.45) is 0 Å². The van der Waals surface area contributed by atoms with Crippen LogP contribution >= 0.6 is 23.2 Å². The van der Waals surface area contributed by atoms with Gasteiger partial charge in [-0.15, -0.1) is 0 Å². The van der Waals surface area contributed by atoms with Crippen LogP contribution in [0.1, 0.15) is 6.92 Å². The van der Waals surface area contributed by atoms with Crippen LogP contribution in [0.4, 0.5) is 5.69 Å². The molecule has 3 rings (SSSR count). The Hall–Kier alpha value is -1.47. The molecule has 1 heterocycles. The van der Waals surface area contributed by atoms with E-state index in [0.29, 0.717) is 48.6 Å². The molecule has 0 radical (unpaired) electrons. The second-order valence-electron chi connectivity index (χ2n) is 5.87. The van der Waals surface area contributed by atoms with E-state index in [-0.39, 0.29) is 4.90 Å². The number of nitrogens with zero attached hydrogens (tertiary/aromatic N) is 2. The zero-order valence-electron chi connectivity index (χ0n) is 14.4. The molecular formula is C18H20Cl2N2O3S. The van der Waals surface area contributed by atoms with Crippen molar-refractivity contribution in [3.63, 3.8) is 0 Å². The van der Waals surface area contributed by atoms with E-state index in [4.69, 9.17) is 27.9 Å². The summed E-state index contributed by atoms with van der Waals surface area (Å²) in [6.07, 6.45) is 0. The third-order valence-electron chi connectivity index (χ3n) is 4.26. The zero-order chi connectivity index (χ0) is 18.7. The summed E-state index contributed by atoms with van der Waals surface area (Å²) in [5, 5.41) is 1.03. The molecule has 0 amide bonds. The predicted octanol–water partition coefficient (Wildman–Crippen LogP) is 3.90. The third-order valence-corrected chi connectivity index (χ3v) is 6.73. The maximum atomic E-state index is 13.1. The standard InChI is InChI=1S/C18H20Cl2N2O3S/c1-2-25-17-8-7-14(19)13-18(17)26(23,24)22-11-9-21(10-12-22)16-6-4-3-5-15(16)20/h3-8,13H,2,9-12H2,1H3. The number of hydrogen-bond donors (Lipinski definition) is 0. The molecule has 2 aromatic rings. The van der Waals surface area contributed by atoms with E-state index in [9.17, 15) is 8.42 Å². The number of rotatable bonds is 5. The summed E-state index contributed by atoms with van der Waals surface area (Å²) in [6, 6.07) is 12.2. The van der Waals surface area contributed by atoms with Gasteiger partial charge in [0.15, 0.2) is 0 Å². The van der Waals surface area contributed by atoms with E-state index in [0.717, 1.165) is 5.69 Å². The van der Waals surface area contributed by atoms with Gasteiger partial charge in [0.05, 0.1) is 17.3 Å². The van der Waals surface area contributed by atoms with Crippen molar-refractivity contribution in [2.75, 3.05) is 37.7 Å². The van der Waals surface area contributed by atoms with Crippen LogP contribution in [0.15, 0.2) is 47.4 Å². The molecule has 0 N–H and O–H groups in total. The predicted molar refractivity (Wildman–Crippen MR) is 105 cm³/mol. The van der Waals surface area contributed by atoms with E-state index >= 15 is 0 Å². The van der Waals surface area contributed by atoms with E-state index in [1.165, 1.54) is 10.4 Å². The molecule has 26 heavy (non-hydrogen) atoms. The second-order valence-corrected chi connectivity index (χ2v) is 8.62. The average Bonchev–Trinajstić information content (AvgIpc) is 2.64. The van der Waals surface area contributed by atoms with Crippen LogP contribution in [0, 0.1) is 0 Å². The lowest BCUT2D eigenvalue weighted by atomic mass is 10.2. The molecule has 0 aromatic heterocycles. The molecule has 0 saturated carbocycles. The molecule has 0 aliphatic carbocycles. The largest absolute Gasteiger partial charge is 0.492 e. The maximum absolute atomic E-state index is 13.1. The SMILES string of the molecule is CCOc1ccc(Cl)cc1S(=O)(=O)N1CCN(c2ccccc2Cl)CC1. The molecule has 1 aliphatic heterocycles. The summed E-state index contributed by atoms with van der Waals surface area (Å²) < 4.78 is 33.1. The second kappa shape index (κ2) is 8.05. The van der Waals surface area contributed by atoms with Gasteiger partial charge < -0.3 is 9.64 Å². The summed E-state index contributed by atoms with van der Waals surface area (Å²) in [4.78, 5) is 2.20. The fourth-order valence-electron chi connectivity index (χ4n) is 2.97. The maximum Gasteiger partial charge on any atom is 0.246 e. The number of benzene rings is 2. The van der Waals surface area contributed by atoms with Crippen LogP contribution in [0.2, 0.25) is 10.0 Å². The monoisotopic (exact) mass is 414 g/mol. The number of ether oxygens (including phenoxy) is 1. The van der Waals surface area contributed by atoms with Gasteiger partial charge in [-0.1, -0.05) is 35.3 Å². The molecule has 1 fully saturated rings. The molecule has 140 valence electrons. The van der Waals surface area contributed by atoms with Crippen molar-refractivity contribution in [3.05, 3.63) is 52.5 Å². The summed E-state index contributed by atoms with van der Waals surface area (Å²) in [6.45, 7) is 4.05. The fraction of sp³-hybridized carbons (Fsp3) is 0.333. The number of anilines is 1. The first-order valence-electron chi connectivity index (χ1n) is 8.35. The molecule has 0 bridgehead atoms. The van der Waals surface area contributed by atoms with Crippen molar-refractivity contribution in [1.82, 2.24) is 4.31 Å². The first-order valence-corrected chi connectivity index (χ1v) is 10.5. The zero-order valence-corrected chi connectivity index (χ0v) is 16.7. The first kappa shape index (κ1) is 19.3. The Morgan fingerprint density at radius 3 is 2.38 bits per heavy atom. The van der Waals surface area contributed by atoms with Gasteiger partial charge in [-0.05, 0) is 37.3 Å². The van der Waals surface area contributed by atoms with Gasteiger partial charge in [0, 0.05) is 31.2 Å².